The van der Waals surface area contributed by atoms with Crippen molar-refractivity contribution in [2.45, 2.75) is 18.9 Å². The Bertz CT molecular complexity index is 998. The lowest BCUT2D eigenvalue weighted by molar-refractivity contribution is 0.116. The molecule has 1 aromatic carbocycles. The van der Waals surface area contributed by atoms with Gasteiger partial charge in [-0.25, -0.2) is 14.6 Å². The minimum Gasteiger partial charge on any atom is -0.410 e. The lowest BCUT2D eigenvalue weighted by atomic mass is 10.0. The van der Waals surface area contributed by atoms with Gasteiger partial charge in [-0.2, -0.15) is 0 Å². The standard InChI is InChI=1S/C22H23N5O3/c1-25(21(28)27-15-20(24-16-27)17-6-5-11-23-14-17)18-9-12-26(13-10-18)22(29)30-19-7-3-2-4-8-19/h2-8,11,14-16,18H,9-10,12-13H2,1H3. The normalized spacial score (nSPS) is 14.4. The van der Waals surface area contributed by atoms with Gasteiger partial charge < -0.3 is 14.5 Å². The summed E-state index contributed by atoms with van der Waals surface area (Å²) in [6, 6.07) is 12.7. The molecule has 3 heterocycles. The fourth-order valence-corrected chi connectivity index (χ4v) is 3.52. The summed E-state index contributed by atoms with van der Waals surface area (Å²) in [5, 5.41) is 0. The van der Waals surface area contributed by atoms with E-state index in [0.717, 1.165) is 5.56 Å². The summed E-state index contributed by atoms with van der Waals surface area (Å²) in [7, 11) is 1.79. The highest BCUT2D eigenvalue weighted by Crippen LogP contribution is 2.20. The van der Waals surface area contributed by atoms with E-state index in [9.17, 15) is 9.59 Å². The molecule has 0 radical (unpaired) electrons. The van der Waals surface area contributed by atoms with Crippen LogP contribution in [-0.2, 0) is 0 Å². The van der Waals surface area contributed by atoms with E-state index in [0.29, 0.717) is 37.4 Å². The number of amides is 2. The molecule has 4 rings (SSSR count). The number of imidazole rings is 1. The number of para-hydroxylation sites is 1. The molecular weight excluding hydrogens is 382 g/mol. The maximum Gasteiger partial charge on any atom is 0.415 e. The van der Waals surface area contributed by atoms with E-state index in [2.05, 4.69) is 9.97 Å². The fourth-order valence-electron chi connectivity index (χ4n) is 3.52. The van der Waals surface area contributed by atoms with Crippen molar-refractivity contribution in [2.24, 2.45) is 0 Å². The molecule has 0 spiro atoms. The van der Waals surface area contributed by atoms with Crippen LogP contribution in [0.4, 0.5) is 9.59 Å². The summed E-state index contributed by atoms with van der Waals surface area (Å²) in [6.45, 7) is 1.08. The molecule has 1 saturated heterocycles. The van der Waals surface area contributed by atoms with Gasteiger partial charge in [0.1, 0.15) is 12.1 Å². The maximum absolute atomic E-state index is 12.9. The summed E-state index contributed by atoms with van der Waals surface area (Å²) < 4.78 is 6.88. The molecule has 154 valence electrons. The third-order valence-electron chi connectivity index (χ3n) is 5.28. The van der Waals surface area contributed by atoms with Crippen LogP contribution in [0.3, 0.4) is 0 Å². The Morgan fingerprint density at radius 3 is 2.57 bits per heavy atom. The number of carbonyl (C=O) groups excluding carboxylic acids is 2. The summed E-state index contributed by atoms with van der Waals surface area (Å²) in [5.41, 5.74) is 1.56. The number of carbonyl (C=O) groups is 2. The van der Waals surface area contributed by atoms with Crippen molar-refractivity contribution in [2.75, 3.05) is 20.1 Å². The summed E-state index contributed by atoms with van der Waals surface area (Å²) in [4.78, 5) is 37.0. The van der Waals surface area contributed by atoms with Gasteiger partial charge in [-0.3, -0.25) is 9.55 Å². The monoisotopic (exact) mass is 405 g/mol. The van der Waals surface area contributed by atoms with Gasteiger partial charge in [-0.05, 0) is 37.1 Å². The first-order chi connectivity index (χ1) is 14.6. The SMILES string of the molecule is CN(C(=O)n1cnc(-c2cccnc2)c1)C1CCN(C(=O)Oc2ccccc2)CC1. The van der Waals surface area contributed by atoms with Gasteiger partial charge >= 0.3 is 12.1 Å². The molecule has 8 heteroatoms. The molecule has 0 N–H and O–H groups in total. The second-order valence-corrected chi connectivity index (χ2v) is 7.20. The van der Waals surface area contributed by atoms with E-state index in [1.54, 1.807) is 47.6 Å². The minimum absolute atomic E-state index is 0.0440. The number of piperidine rings is 1. The van der Waals surface area contributed by atoms with Crippen LogP contribution in [0, 0.1) is 0 Å². The van der Waals surface area contributed by atoms with Crippen molar-refractivity contribution in [3.05, 3.63) is 67.4 Å². The molecule has 1 aliphatic rings. The van der Waals surface area contributed by atoms with Crippen LogP contribution in [0.2, 0.25) is 0 Å². The zero-order chi connectivity index (χ0) is 20.9. The topological polar surface area (TPSA) is 80.6 Å². The maximum atomic E-state index is 12.9. The van der Waals surface area contributed by atoms with E-state index in [4.69, 9.17) is 4.74 Å². The molecule has 30 heavy (non-hydrogen) atoms. The number of hydrogen-bond acceptors (Lipinski definition) is 5. The van der Waals surface area contributed by atoms with Crippen LogP contribution in [-0.4, -0.2) is 62.6 Å². The van der Waals surface area contributed by atoms with E-state index in [1.807, 2.05) is 30.3 Å². The zero-order valence-corrected chi connectivity index (χ0v) is 16.7. The first-order valence-corrected chi connectivity index (χ1v) is 9.85. The first-order valence-electron chi connectivity index (χ1n) is 9.85. The highest BCUT2D eigenvalue weighted by molar-refractivity contribution is 5.78. The molecule has 3 aromatic rings. The van der Waals surface area contributed by atoms with Crippen molar-refractivity contribution in [3.8, 4) is 17.0 Å². The predicted molar refractivity (Wildman–Crippen MR) is 111 cm³/mol. The average Bonchev–Trinajstić information content (AvgIpc) is 3.30. The molecule has 2 aromatic heterocycles. The van der Waals surface area contributed by atoms with Crippen molar-refractivity contribution in [1.29, 1.82) is 0 Å². The zero-order valence-electron chi connectivity index (χ0n) is 16.7. The van der Waals surface area contributed by atoms with E-state index < -0.39 is 0 Å². The third-order valence-corrected chi connectivity index (χ3v) is 5.28. The second kappa shape index (κ2) is 8.77. The Morgan fingerprint density at radius 2 is 1.87 bits per heavy atom. The Hall–Kier alpha value is -3.68. The van der Waals surface area contributed by atoms with Crippen LogP contribution in [0.1, 0.15) is 12.8 Å². The predicted octanol–water partition coefficient (Wildman–Crippen LogP) is 3.51. The van der Waals surface area contributed by atoms with Crippen LogP contribution in [0.25, 0.3) is 11.3 Å². The minimum atomic E-state index is -0.357. The molecule has 8 nitrogen and oxygen atoms in total. The summed E-state index contributed by atoms with van der Waals surface area (Å²) in [5.74, 6) is 0.529. The quantitative estimate of drug-likeness (QED) is 0.666. The number of benzene rings is 1. The van der Waals surface area contributed by atoms with Crippen molar-refractivity contribution in [1.82, 2.24) is 24.3 Å². The molecule has 0 bridgehead atoms. The molecule has 1 aliphatic heterocycles. The molecule has 1 fully saturated rings. The smallest absolute Gasteiger partial charge is 0.410 e. The number of hydrogen-bond donors (Lipinski definition) is 0. The fraction of sp³-hybridized carbons (Fsp3) is 0.273. The Labute approximate surface area is 174 Å². The van der Waals surface area contributed by atoms with Crippen molar-refractivity contribution >= 4 is 12.1 Å². The van der Waals surface area contributed by atoms with Crippen molar-refractivity contribution in [3.63, 3.8) is 0 Å². The van der Waals surface area contributed by atoms with Crippen LogP contribution in [0.15, 0.2) is 67.4 Å². The number of rotatable bonds is 3. The van der Waals surface area contributed by atoms with E-state index >= 15 is 0 Å². The molecule has 0 atom stereocenters. The lowest BCUT2D eigenvalue weighted by Crippen LogP contribution is -2.48. The molecule has 0 aliphatic carbocycles. The molecule has 0 saturated carbocycles. The van der Waals surface area contributed by atoms with Crippen LogP contribution in [0.5, 0.6) is 5.75 Å². The van der Waals surface area contributed by atoms with E-state index in [1.165, 1.54) is 10.9 Å². The van der Waals surface area contributed by atoms with Gasteiger partial charge in [0.2, 0.25) is 0 Å². The Morgan fingerprint density at radius 1 is 1.10 bits per heavy atom. The van der Waals surface area contributed by atoms with Gasteiger partial charge in [-0.15, -0.1) is 0 Å². The average molecular weight is 405 g/mol. The highest BCUT2D eigenvalue weighted by atomic mass is 16.6. The lowest BCUT2D eigenvalue weighted by Gasteiger charge is -2.36. The first kappa shape index (κ1) is 19.6. The Kier molecular flexibility index (Phi) is 5.74. The largest absolute Gasteiger partial charge is 0.415 e. The Balaban J connectivity index is 1.33. The summed E-state index contributed by atoms with van der Waals surface area (Å²) >= 11 is 0. The number of likely N-dealkylation sites (tertiary alicyclic amines) is 1. The van der Waals surface area contributed by atoms with Crippen molar-refractivity contribution < 1.29 is 14.3 Å². The molecule has 2 amide bonds. The van der Waals surface area contributed by atoms with Gasteiger partial charge in [0.05, 0.1) is 5.69 Å². The van der Waals surface area contributed by atoms with E-state index in [-0.39, 0.29) is 18.2 Å². The van der Waals surface area contributed by atoms with Crippen LogP contribution >= 0.6 is 0 Å². The second-order valence-electron chi connectivity index (χ2n) is 7.20. The van der Waals surface area contributed by atoms with Gasteiger partial charge in [0, 0.05) is 50.3 Å². The highest BCUT2D eigenvalue weighted by Gasteiger charge is 2.29. The molecular formula is C22H23N5O3. The number of nitrogens with zero attached hydrogens (tertiary/aromatic N) is 5. The number of aromatic nitrogens is 3. The number of pyridine rings is 1. The van der Waals surface area contributed by atoms with Gasteiger partial charge in [0.25, 0.3) is 0 Å². The van der Waals surface area contributed by atoms with Crippen LogP contribution < -0.4 is 4.74 Å². The summed E-state index contributed by atoms with van der Waals surface area (Å²) in [6.07, 6.45) is 7.67. The number of ether oxygens (including phenoxy) is 1. The van der Waals surface area contributed by atoms with Gasteiger partial charge in [0.15, 0.2) is 0 Å². The third kappa shape index (κ3) is 4.32. The van der Waals surface area contributed by atoms with Gasteiger partial charge in [-0.1, -0.05) is 18.2 Å². The molecule has 0 unspecified atom stereocenters.